The quantitative estimate of drug-likeness (QED) is 0.653. The van der Waals surface area contributed by atoms with Gasteiger partial charge in [0.15, 0.2) is 0 Å². The summed E-state index contributed by atoms with van der Waals surface area (Å²) in [6, 6.07) is 16.8. The Labute approximate surface area is 101 Å². The molecule has 1 aromatic heterocycles. The Hall–Kier alpha value is -1.80. The summed E-state index contributed by atoms with van der Waals surface area (Å²) < 4.78 is 0. The van der Waals surface area contributed by atoms with Crippen LogP contribution < -0.4 is 0 Å². The van der Waals surface area contributed by atoms with Crippen LogP contribution in [-0.4, -0.2) is 16.7 Å². The Morgan fingerprint density at radius 2 is 1.29 bits per heavy atom. The number of aromatic nitrogens is 1. The Morgan fingerprint density at radius 3 is 1.71 bits per heavy atom. The molecule has 1 heterocycles. The summed E-state index contributed by atoms with van der Waals surface area (Å²) in [4.78, 5) is 3.38. The van der Waals surface area contributed by atoms with Crippen molar-refractivity contribution in [1.29, 1.82) is 0 Å². The van der Waals surface area contributed by atoms with Crippen molar-refractivity contribution in [1.82, 2.24) is 4.98 Å². The fourth-order valence-electron chi connectivity index (χ4n) is 1.80. The van der Waals surface area contributed by atoms with E-state index in [0.717, 1.165) is 6.42 Å². The first kappa shape index (κ1) is 11.7. The zero-order chi connectivity index (χ0) is 12.1. The second-order valence-corrected chi connectivity index (χ2v) is 3.94. The molecule has 0 aliphatic heterocycles. The number of nitrogens with one attached hydrogen (secondary N) is 1. The zero-order valence-electron chi connectivity index (χ0n) is 9.98. The van der Waals surface area contributed by atoms with Gasteiger partial charge in [0.2, 0.25) is 0 Å². The molecule has 0 bridgehead atoms. The van der Waals surface area contributed by atoms with Gasteiger partial charge < -0.3 is 10.1 Å². The van der Waals surface area contributed by atoms with Crippen LogP contribution in [0.3, 0.4) is 0 Å². The zero-order valence-corrected chi connectivity index (χ0v) is 9.98. The number of aliphatic hydroxyl groups is 1. The third-order valence-corrected chi connectivity index (χ3v) is 2.64. The van der Waals surface area contributed by atoms with Crippen molar-refractivity contribution in [3.8, 4) is 0 Å². The lowest BCUT2D eigenvalue weighted by molar-refractivity contribution is 0.295. The molecular weight excluding hydrogens is 210 g/mol. The molecule has 0 amide bonds. The molecule has 88 valence electrons. The van der Waals surface area contributed by atoms with Crippen LogP contribution in [-0.2, 0) is 0 Å². The number of fused-ring (bicyclic) bond motifs is 3. The van der Waals surface area contributed by atoms with Gasteiger partial charge in [-0.05, 0) is 18.6 Å². The van der Waals surface area contributed by atoms with Crippen molar-refractivity contribution >= 4 is 21.8 Å². The van der Waals surface area contributed by atoms with Gasteiger partial charge in [0.25, 0.3) is 0 Å². The molecular formula is C15H17NO. The smallest absolute Gasteiger partial charge is 0.0464 e. The van der Waals surface area contributed by atoms with Crippen molar-refractivity contribution in [2.45, 2.75) is 13.3 Å². The fourth-order valence-corrected chi connectivity index (χ4v) is 1.80. The largest absolute Gasteiger partial charge is 0.396 e. The van der Waals surface area contributed by atoms with E-state index in [1.54, 1.807) is 0 Å². The lowest BCUT2D eigenvalue weighted by atomic mass is 10.2. The van der Waals surface area contributed by atoms with Gasteiger partial charge in [0.05, 0.1) is 0 Å². The first-order valence-corrected chi connectivity index (χ1v) is 5.93. The number of aliphatic hydroxyl groups excluding tert-OH is 1. The molecule has 0 spiro atoms. The van der Waals surface area contributed by atoms with E-state index in [9.17, 15) is 0 Å². The van der Waals surface area contributed by atoms with Gasteiger partial charge in [-0.2, -0.15) is 0 Å². The van der Waals surface area contributed by atoms with Crippen molar-refractivity contribution in [3.63, 3.8) is 0 Å². The Kier molecular flexibility index (Phi) is 3.78. The SMILES string of the molecule is CCCO.c1ccc2c(c1)[nH]c1ccccc12. The van der Waals surface area contributed by atoms with E-state index >= 15 is 0 Å². The summed E-state index contributed by atoms with van der Waals surface area (Å²) in [5.74, 6) is 0. The molecule has 3 aromatic rings. The maximum absolute atomic E-state index is 7.88. The second-order valence-electron chi connectivity index (χ2n) is 3.94. The summed E-state index contributed by atoms with van der Waals surface area (Å²) in [5.41, 5.74) is 2.42. The average Bonchev–Trinajstić information content (AvgIpc) is 2.77. The molecule has 2 N–H and O–H groups in total. The van der Waals surface area contributed by atoms with Crippen molar-refractivity contribution in [2.24, 2.45) is 0 Å². The first-order chi connectivity index (χ1) is 8.36. The van der Waals surface area contributed by atoms with E-state index in [4.69, 9.17) is 5.11 Å². The minimum atomic E-state index is 0.319. The number of H-pyrrole nitrogens is 1. The topological polar surface area (TPSA) is 36.0 Å². The second kappa shape index (κ2) is 5.51. The van der Waals surface area contributed by atoms with Gasteiger partial charge in [-0.3, -0.25) is 0 Å². The van der Waals surface area contributed by atoms with Crippen LogP contribution in [0, 0.1) is 0 Å². The molecule has 0 saturated carbocycles. The molecule has 2 aromatic carbocycles. The highest BCUT2D eigenvalue weighted by Gasteiger charge is 2.00. The predicted molar refractivity (Wildman–Crippen MR) is 73.2 cm³/mol. The van der Waals surface area contributed by atoms with E-state index < -0.39 is 0 Å². The number of para-hydroxylation sites is 2. The van der Waals surface area contributed by atoms with Crippen LogP contribution in [0.15, 0.2) is 48.5 Å². The van der Waals surface area contributed by atoms with Gasteiger partial charge in [0, 0.05) is 28.4 Å². The molecule has 2 heteroatoms. The van der Waals surface area contributed by atoms with Crippen molar-refractivity contribution < 1.29 is 5.11 Å². The summed E-state index contributed by atoms with van der Waals surface area (Å²) in [6.07, 6.45) is 0.875. The monoisotopic (exact) mass is 227 g/mol. The van der Waals surface area contributed by atoms with Crippen LogP contribution in [0.25, 0.3) is 21.8 Å². The maximum Gasteiger partial charge on any atom is 0.0464 e. The van der Waals surface area contributed by atoms with Crippen LogP contribution >= 0.6 is 0 Å². The van der Waals surface area contributed by atoms with Gasteiger partial charge in [-0.1, -0.05) is 43.3 Å². The molecule has 0 unspecified atom stereocenters. The summed E-state index contributed by atoms with van der Waals surface area (Å²) in [6.45, 7) is 2.25. The fraction of sp³-hybridized carbons (Fsp3) is 0.200. The van der Waals surface area contributed by atoms with Crippen molar-refractivity contribution in [3.05, 3.63) is 48.5 Å². The molecule has 0 atom stereocenters. The lowest BCUT2D eigenvalue weighted by Crippen LogP contribution is -1.69. The van der Waals surface area contributed by atoms with E-state index in [2.05, 4.69) is 53.5 Å². The number of hydrogen-bond acceptors (Lipinski definition) is 1. The van der Waals surface area contributed by atoms with Gasteiger partial charge >= 0.3 is 0 Å². The Balaban J connectivity index is 0.000000239. The molecule has 17 heavy (non-hydrogen) atoms. The van der Waals surface area contributed by atoms with Gasteiger partial charge in [-0.15, -0.1) is 0 Å². The number of benzene rings is 2. The van der Waals surface area contributed by atoms with E-state index in [1.807, 2.05) is 6.92 Å². The summed E-state index contributed by atoms with van der Waals surface area (Å²) in [5, 5.41) is 10.5. The normalized spacial score (nSPS) is 10.2. The van der Waals surface area contributed by atoms with Crippen LogP contribution in [0.5, 0.6) is 0 Å². The van der Waals surface area contributed by atoms with E-state index in [-0.39, 0.29) is 0 Å². The van der Waals surface area contributed by atoms with Crippen LogP contribution in [0.4, 0.5) is 0 Å². The molecule has 2 nitrogen and oxygen atoms in total. The lowest BCUT2D eigenvalue weighted by Gasteiger charge is -1.87. The minimum absolute atomic E-state index is 0.319. The first-order valence-electron chi connectivity index (χ1n) is 5.93. The Morgan fingerprint density at radius 1 is 0.882 bits per heavy atom. The predicted octanol–water partition coefficient (Wildman–Crippen LogP) is 3.71. The standard InChI is InChI=1S/C12H9N.C3H8O/c1-3-7-11-9(5-1)10-6-2-4-8-12(10)13-11;1-2-3-4/h1-8,13H;4H,2-3H2,1H3. The molecule has 0 aliphatic carbocycles. The number of hydrogen-bond donors (Lipinski definition) is 2. The Bertz CT molecular complexity index is 545. The molecule has 0 aliphatic rings. The molecule has 0 saturated heterocycles. The van der Waals surface area contributed by atoms with Crippen LogP contribution in [0.1, 0.15) is 13.3 Å². The summed E-state index contributed by atoms with van der Waals surface area (Å²) >= 11 is 0. The van der Waals surface area contributed by atoms with Gasteiger partial charge in [0.1, 0.15) is 0 Å². The highest BCUT2D eigenvalue weighted by atomic mass is 16.2. The van der Waals surface area contributed by atoms with Crippen molar-refractivity contribution in [2.75, 3.05) is 6.61 Å². The maximum atomic E-state index is 7.88. The highest BCUT2D eigenvalue weighted by molar-refractivity contribution is 6.06. The third-order valence-electron chi connectivity index (χ3n) is 2.64. The average molecular weight is 227 g/mol. The van der Waals surface area contributed by atoms with E-state index in [0.29, 0.717) is 6.61 Å². The van der Waals surface area contributed by atoms with Crippen LogP contribution in [0.2, 0.25) is 0 Å². The molecule has 0 fully saturated rings. The summed E-state index contributed by atoms with van der Waals surface area (Å²) in [7, 11) is 0. The van der Waals surface area contributed by atoms with Gasteiger partial charge in [-0.25, -0.2) is 0 Å². The highest BCUT2D eigenvalue weighted by Crippen LogP contribution is 2.24. The third kappa shape index (κ3) is 2.48. The minimum Gasteiger partial charge on any atom is -0.396 e. The molecule has 3 rings (SSSR count). The number of rotatable bonds is 1. The number of aromatic amines is 1. The molecule has 0 radical (unpaired) electrons. The van der Waals surface area contributed by atoms with E-state index in [1.165, 1.54) is 21.8 Å².